The highest BCUT2D eigenvalue weighted by Gasteiger charge is 2.45. The van der Waals surface area contributed by atoms with E-state index in [4.69, 9.17) is 25.2 Å². The monoisotopic (exact) mass is 527 g/mol. The van der Waals surface area contributed by atoms with Crippen molar-refractivity contribution in [3.8, 4) is 17.0 Å². The van der Waals surface area contributed by atoms with Crippen molar-refractivity contribution >= 4 is 28.4 Å². The average molecular weight is 528 g/mol. The fourth-order valence-electron chi connectivity index (χ4n) is 5.86. The van der Waals surface area contributed by atoms with Crippen LogP contribution in [0.2, 0.25) is 0 Å². The van der Waals surface area contributed by atoms with Crippen LogP contribution in [-0.2, 0) is 23.9 Å². The molecule has 202 valence electrons. The van der Waals surface area contributed by atoms with Gasteiger partial charge in [-0.15, -0.1) is 0 Å². The van der Waals surface area contributed by atoms with Crippen LogP contribution in [0, 0.1) is 0 Å². The van der Waals surface area contributed by atoms with E-state index >= 15 is 0 Å². The highest BCUT2D eigenvalue weighted by molar-refractivity contribution is 6.00. The van der Waals surface area contributed by atoms with Gasteiger partial charge in [-0.1, -0.05) is 18.2 Å². The molecule has 1 saturated heterocycles. The molecule has 3 N–H and O–H groups in total. The van der Waals surface area contributed by atoms with E-state index in [1.165, 1.54) is 5.56 Å². The summed E-state index contributed by atoms with van der Waals surface area (Å²) < 4.78 is 13.8. The molecule has 2 aliphatic heterocycles. The van der Waals surface area contributed by atoms with Crippen molar-refractivity contribution in [2.75, 3.05) is 25.6 Å². The standard InChI is InChI=1S/C29H33N7O3/c1-17(2)39-23-14-20(27(28(30)37)34-26(23)18-6-5-7-22-25(18)31-16-35(22)3)32-24-9-8-19-21(33-24)15-36(4)29(19)10-12-38-13-11-29/h5-9,14,16-17H,10-13,15H2,1-4H3,(H2,30,37)(H,32,33). The number of ether oxygens (including phenoxy) is 2. The van der Waals surface area contributed by atoms with E-state index in [9.17, 15) is 4.79 Å². The zero-order valence-electron chi connectivity index (χ0n) is 22.7. The average Bonchev–Trinajstić information content (AvgIpc) is 3.41. The van der Waals surface area contributed by atoms with Crippen LogP contribution in [-0.4, -0.2) is 56.7 Å². The molecule has 0 unspecified atom stereocenters. The maximum Gasteiger partial charge on any atom is 0.269 e. The maximum absolute atomic E-state index is 12.6. The molecule has 6 rings (SSSR count). The van der Waals surface area contributed by atoms with Gasteiger partial charge in [0.2, 0.25) is 0 Å². The highest BCUT2D eigenvalue weighted by atomic mass is 16.5. The van der Waals surface area contributed by atoms with Gasteiger partial charge in [0.05, 0.1) is 40.4 Å². The number of para-hydroxylation sites is 1. The van der Waals surface area contributed by atoms with Crippen molar-refractivity contribution in [2.45, 2.75) is 44.9 Å². The zero-order valence-corrected chi connectivity index (χ0v) is 22.7. The molecular weight excluding hydrogens is 494 g/mol. The zero-order chi connectivity index (χ0) is 27.3. The largest absolute Gasteiger partial charge is 0.489 e. The quantitative estimate of drug-likeness (QED) is 0.384. The van der Waals surface area contributed by atoms with Gasteiger partial charge >= 0.3 is 0 Å². The third-order valence-corrected chi connectivity index (χ3v) is 7.77. The Morgan fingerprint density at radius 2 is 1.95 bits per heavy atom. The van der Waals surface area contributed by atoms with Crippen LogP contribution in [0.15, 0.2) is 42.7 Å². The summed E-state index contributed by atoms with van der Waals surface area (Å²) in [5.41, 5.74) is 11.6. The van der Waals surface area contributed by atoms with Crippen LogP contribution in [0.25, 0.3) is 22.3 Å². The number of benzene rings is 1. The van der Waals surface area contributed by atoms with Crippen LogP contribution in [0.1, 0.15) is 48.4 Å². The van der Waals surface area contributed by atoms with Gasteiger partial charge in [-0.05, 0) is 51.4 Å². The molecular formula is C29H33N7O3. The minimum Gasteiger partial charge on any atom is -0.489 e. The Balaban J connectivity index is 1.42. The molecule has 10 heteroatoms. The molecule has 1 amide bonds. The molecule has 1 fully saturated rings. The Bertz CT molecular complexity index is 1570. The van der Waals surface area contributed by atoms with Gasteiger partial charge < -0.3 is 25.1 Å². The second-order valence-electron chi connectivity index (χ2n) is 10.6. The molecule has 0 bridgehead atoms. The van der Waals surface area contributed by atoms with Crippen molar-refractivity contribution in [2.24, 2.45) is 12.8 Å². The van der Waals surface area contributed by atoms with E-state index in [0.717, 1.165) is 54.9 Å². The molecule has 4 aromatic rings. The molecule has 39 heavy (non-hydrogen) atoms. The van der Waals surface area contributed by atoms with Gasteiger partial charge in [0, 0.05) is 38.4 Å². The molecule has 5 heterocycles. The number of imidazole rings is 1. The fourth-order valence-corrected chi connectivity index (χ4v) is 5.86. The molecule has 2 aliphatic rings. The second kappa shape index (κ2) is 9.62. The van der Waals surface area contributed by atoms with Crippen LogP contribution >= 0.6 is 0 Å². The summed E-state index contributed by atoms with van der Waals surface area (Å²) in [5, 5.41) is 3.31. The van der Waals surface area contributed by atoms with E-state index in [1.54, 1.807) is 12.4 Å². The number of nitrogens with zero attached hydrogens (tertiary/aromatic N) is 5. The van der Waals surface area contributed by atoms with Crippen LogP contribution in [0.4, 0.5) is 11.5 Å². The molecule has 1 spiro atoms. The Hall–Kier alpha value is -4.02. The summed E-state index contributed by atoms with van der Waals surface area (Å²) in [6.07, 6.45) is 3.52. The van der Waals surface area contributed by atoms with Crippen molar-refractivity contribution < 1.29 is 14.3 Å². The van der Waals surface area contributed by atoms with Crippen molar-refractivity contribution in [3.05, 3.63) is 59.7 Å². The first-order valence-corrected chi connectivity index (χ1v) is 13.2. The molecule has 0 atom stereocenters. The van der Waals surface area contributed by atoms with Crippen LogP contribution in [0.3, 0.4) is 0 Å². The lowest BCUT2D eigenvalue weighted by molar-refractivity contribution is -0.0132. The van der Waals surface area contributed by atoms with E-state index < -0.39 is 5.91 Å². The molecule has 0 saturated carbocycles. The lowest BCUT2D eigenvalue weighted by Gasteiger charge is -2.40. The number of rotatable bonds is 6. The number of primary amides is 1. The normalized spacial score (nSPS) is 16.6. The van der Waals surface area contributed by atoms with Crippen molar-refractivity contribution in [3.63, 3.8) is 0 Å². The lowest BCUT2D eigenvalue weighted by Crippen LogP contribution is -2.43. The summed E-state index contributed by atoms with van der Waals surface area (Å²) in [7, 11) is 4.08. The first-order valence-electron chi connectivity index (χ1n) is 13.2. The summed E-state index contributed by atoms with van der Waals surface area (Å²) in [6, 6.07) is 11.7. The number of carbonyl (C=O) groups excluding carboxylic acids is 1. The number of nitrogens with two attached hydrogens (primary N) is 1. The van der Waals surface area contributed by atoms with Crippen LogP contribution in [0.5, 0.6) is 5.75 Å². The minimum atomic E-state index is -0.648. The van der Waals surface area contributed by atoms with Gasteiger partial charge in [0.1, 0.15) is 17.3 Å². The summed E-state index contributed by atoms with van der Waals surface area (Å²) in [4.78, 5) is 29.3. The number of aryl methyl sites for hydroxylation is 1. The van der Waals surface area contributed by atoms with Gasteiger partial charge in [0.15, 0.2) is 5.69 Å². The number of hydrogen-bond donors (Lipinski definition) is 2. The number of hydrogen-bond acceptors (Lipinski definition) is 8. The Labute approximate surface area is 227 Å². The van der Waals surface area contributed by atoms with E-state index in [1.807, 2.05) is 49.7 Å². The minimum absolute atomic E-state index is 0.0362. The Morgan fingerprint density at radius 3 is 2.69 bits per heavy atom. The predicted octanol–water partition coefficient (Wildman–Crippen LogP) is 4.11. The Morgan fingerprint density at radius 1 is 1.15 bits per heavy atom. The number of aromatic nitrogens is 4. The SMILES string of the molecule is CC(C)Oc1cc(Nc2ccc3c(n2)CN(C)C32CCOCC2)c(C(N)=O)nc1-c1cccc2c1ncn2C. The fraction of sp³-hybridized carbons (Fsp3) is 0.379. The van der Waals surface area contributed by atoms with E-state index in [-0.39, 0.29) is 17.3 Å². The second-order valence-corrected chi connectivity index (χ2v) is 10.6. The summed E-state index contributed by atoms with van der Waals surface area (Å²) in [6.45, 7) is 6.14. The molecule has 1 aromatic carbocycles. The number of anilines is 2. The lowest BCUT2D eigenvalue weighted by atomic mass is 9.84. The number of nitrogens with one attached hydrogen (secondary N) is 1. The molecule has 3 aromatic heterocycles. The number of amides is 1. The Kier molecular flexibility index (Phi) is 6.23. The van der Waals surface area contributed by atoms with Gasteiger partial charge in [-0.25, -0.2) is 15.0 Å². The summed E-state index contributed by atoms with van der Waals surface area (Å²) >= 11 is 0. The van der Waals surface area contributed by atoms with E-state index in [2.05, 4.69) is 28.3 Å². The molecule has 0 aliphatic carbocycles. The van der Waals surface area contributed by atoms with Crippen molar-refractivity contribution in [1.29, 1.82) is 0 Å². The van der Waals surface area contributed by atoms with E-state index in [0.29, 0.717) is 22.9 Å². The summed E-state index contributed by atoms with van der Waals surface area (Å²) in [5.74, 6) is 0.494. The van der Waals surface area contributed by atoms with Crippen LogP contribution < -0.4 is 15.8 Å². The smallest absolute Gasteiger partial charge is 0.269 e. The molecule has 10 nitrogen and oxygen atoms in total. The first kappa shape index (κ1) is 25.3. The van der Waals surface area contributed by atoms with Gasteiger partial charge in [0.25, 0.3) is 5.91 Å². The number of pyridine rings is 2. The van der Waals surface area contributed by atoms with Gasteiger partial charge in [-0.2, -0.15) is 0 Å². The maximum atomic E-state index is 12.6. The topological polar surface area (TPSA) is 120 Å². The number of carbonyl (C=O) groups is 1. The predicted molar refractivity (Wildman–Crippen MR) is 149 cm³/mol. The third-order valence-electron chi connectivity index (χ3n) is 7.77. The van der Waals surface area contributed by atoms with Gasteiger partial charge in [-0.3, -0.25) is 9.69 Å². The third kappa shape index (κ3) is 4.29. The van der Waals surface area contributed by atoms with Crippen molar-refractivity contribution in [1.82, 2.24) is 24.4 Å². The molecule has 0 radical (unpaired) electrons. The number of fused-ring (bicyclic) bond motifs is 3. The first-order chi connectivity index (χ1) is 18.8. The highest BCUT2D eigenvalue weighted by Crippen LogP contribution is 2.45.